The van der Waals surface area contributed by atoms with Gasteiger partial charge in [-0.3, -0.25) is 0 Å². The van der Waals surface area contributed by atoms with E-state index in [1.807, 2.05) is 18.2 Å². The first-order chi connectivity index (χ1) is 14.7. The van der Waals surface area contributed by atoms with Crippen LogP contribution in [0.25, 0.3) is 5.57 Å². The van der Waals surface area contributed by atoms with Crippen molar-refractivity contribution in [2.45, 2.75) is 44.9 Å². The van der Waals surface area contributed by atoms with Gasteiger partial charge in [0.05, 0.1) is 6.61 Å². The number of allylic oxidation sites excluding steroid dienone is 1. The quantitative estimate of drug-likeness (QED) is 0.577. The third-order valence-corrected chi connectivity index (χ3v) is 7.49. The summed E-state index contributed by atoms with van der Waals surface area (Å²) in [5.41, 5.74) is 10.6. The van der Waals surface area contributed by atoms with E-state index in [1.54, 1.807) is 5.57 Å². The van der Waals surface area contributed by atoms with E-state index in [0.29, 0.717) is 30.7 Å². The molecule has 4 aliphatic carbocycles. The molecule has 0 spiro atoms. The summed E-state index contributed by atoms with van der Waals surface area (Å²) in [6.07, 6.45) is 8.76. The summed E-state index contributed by atoms with van der Waals surface area (Å²) < 4.78 is 5.89. The first kappa shape index (κ1) is 19.7. The summed E-state index contributed by atoms with van der Waals surface area (Å²) in [6, 6.07) is 16.4. The summed E-state index contributed by atoms with van der Waals surface area (Å²) in [4.78, 5) is 0. The number of benzene rings is 2. The molecule has 3 heteroatoms. The summed E-state index contributed by atoms with van der Waals surface area (Å²) in [6.45, 7) is 1.42. The summed E-state index contributed by atoms with van der Waals surface area (Å²) in [7, 11) is 0. The van der Waals surface area contributed by atoms with Gasteiger partial charge in [-0.25, -0.2) is 0 Å². The number of hydrogen-bond acceptors (Lipinski definition) is 3. The number of phenols is 1. The molecule has 0 saturated heterocycles. The van der Waals surface area contributed by atoms with E-state index >= 15 is 0 Å². The van der Waals surface area contributed by atoms with Crippen molar-refractivity contribution in [3.05, 3.63) is 65.2 Å². The van der Waals surface area contributed by atoms with Crippen molar-refractivity contribution in [3.8, 4) is 11.5 Å². The molecule has 0 radical (unpaired) electrons. The van der Waals surface area contributed by atoms with Crippen molar-refractivity contribution in [3.63, 3.8) is 0 Å². The first-order valence-corrected chi connectivity index (χ1v) is 11.7. The molecule has 4 aliphatic rings. The maximum Gasteiger partial charge on any atom is 0.123 e. The van der Waals surface area contributed by atoms with Crippen LogP contribution in [0.15, 0.2) is 54.1 Å². The van der Waals surface area contributed by atoms with E-state index in [2.05, 4.69) is 30.3 Å². The van der Waals surface area contributed by atoms with Crippen LogP contribution in [0.2, 0.25) is 0 Å². The molecule has 4 saturated carbocycles. The number of rotatable bonds is 7. The third kappa shape index (κ3) is 3.76. The summed E-state index contributed by atoms with van der Waals surface area (Å²) in [5.74, 6) is 4.50. The van der Waals surface area contributed by atoms with Crippen LogP contribution < -0.4 is 10.5 Å². The molecular weight excluding hydrogens is 370 g/mol. The van der Waals surface area contributed by atoms with Gasteiger partial charge in [0.15, 0.2) is 0 Å². The van der Waals surface area contributed by atoms with Gasteiger partial charge >= 0.3 is 0 Å². The molecule has 0 unspecified atom stereocenters. The number of phenolic OH excluding ortho intramolecular Hbond substituents is 1. The van der Waals surface area contributed by atoms with Gasteiger partial charge in [-0.1, -0.05) is 35.9 Å². The maximum absolute atomic E-state index is 10.7. The molecule has 2 aromatic carbocycles. The molecular formula is C27H33NO2. The minimum Gasteiger partial charge on any atom is -0.507 e. The van der Waals surface area contributed by atoms with Crippen molar-refractivity contribution >= 4 is 5.57 Å². The van der Waals surface area contributed by atoms with Gasteiger partial charge in [0, 0.05) is 5.56 Å². The van der Waals surface area contributed by atoms with Crippen molar-refractivity contribution in [2.75, 3.05) is 13.2 Å². The highest BCUT2D eigenvalue weighted by molar-refractivity contribution is 5.85. The Morgan fingerprint density at radius 2 is 1.53 bits per heavy atom. The first-order valence-electron chi connectivity index (χ1n) is 11.7. The Bertz CT molecular complexity index is 885. The highest BCUT2D eigenvalue weighted by atomic mass is 16.5. The molecule has 0 amide bonds. The van der Waals surface area contributed by atoms with Crippen LogP contribution in [0.1, 0.15) is 56.1 Å². The Morgan fingerprint density at radius 1 is 0.867 bits per heavy atom. The Morgan fingerprint density at radius 3 is 2.17 bits per heavy atom. The fraction of sp³-hybridized carbons (Fsp3) is 0.481. The SMILES string of the molecule is NCCCCOc1ccc(C(=C2C3CC4CC(C3)CC2C4)c2ccccc2O)cc1. The van der Waals surface area contributed by atoms with Crippen LogP contribution in [0.3, 0.4) is 0 Å². The lowest BCUT2D eigenvalue weighted by Gasteiger charge is -2.52. The van der Waals surface area contributed by atoms with E-state index in [4.69, 9.17) is 10.5 Å². The molecule has 4 fully saturated rings. The highest BCUT2D eigenvalue weighted by Crippen LogP contribution is 2.58. The molecule has 4 bridgehead atoms. The van der Waals surface area contributed by atoms with E-state index in [9.17, 15) is 5.11 Å². The molecule has 0 aliphatic heterocycles. The minimum absolute atomic E-state index is 0.385. The van der Waals surface area contributed by atoms with Crippen molar-refractivity contribution < 1.29 is 9.84 Å². The normalized spacial score (nSPS) is 26.8. The second kappa shape index (κ2) is 8.47. The molecule has 3 N–H and O–H groups in total. The second-order valence-corrected chi connectivity index (χ2v) is 9.52. The standard InChI is InChI=1S/C27H33NO2/c28-11-3-4-12-30-23-9-7-20(8-10-23)27(24-5-1-2-6-25(24)29)26-21-14-18-13-19(16-21)17-22(26)15-18/h1-2,5-10,18-19,21-22,29H,3-4,11-17,28H2. The topological polar surface area (TPSA) is 55.5 Å². The lowest BCUT2D eigenvalue weighted by molar-refractivity contribution is 0.0705. The van der Waals surface area contributed by atoms with Gasteiger partial charge in [0.25, 0.3) is 0 Å². The lowest BCUT2D eigenvalue weighted by Crippen LogP contribution is -2.40. The summed E-state index contributed by atoms with van der Waals surface area (Å²) >= 11 is 0. The van der Waals surface area contributed by atoms with Gasteiger partial charge in [-0.05, 0) is 104 Å². The molecule has 6 rings (SSSR count). The van der Waals surface area contributed by atoms with Gasteiger partial charge in [0.1, 0.15) is 11.5 Å². The molecule has 0 atom stereocenters. The smallest absolute Gasteiger partial charge is 0.123 e. The third-order valence-electron chi connectivity index (χ3n) is 7.49. The van der Waals surface area contributed by atoms with E-state index in [0.717, 1.165) is 36.0 Å². The molecule has 30 heavy (non-hydrogen) atoms. The fourth-order valence-corrected chi connectivity index (χ4v) is 6.42. The van der Waals surface area contributed by atoms with Crippen LogP contribution >= 0.6 is 0 Å². The monoisotopic (exact) mass is 403 g/mol. The van der Waals surface area contributed by atoms with Gasteiger partial charge in [-0.15, -0.1) is 0 Å². The van der Waals surface area contributed by atoms with Crippen molar-refractivity contribution in [1.82, 2.24) is 0 Å². The predicted octanol–water partition coefficient (Wildman–Crippen LogP) is 5.77. The number of ether oxygens (including phenoxy) is 1. The van der Waals surface area contributed by atoms with Crippen molar-refractivity contribution in [1.29, 1.82) is 0 Å². The Labute approximate surface area is 180 Å². The Balaban J connectivity index is 1.51. The number of nitrogens with two attached hydrogens (primary N) is 1. The van der Waals surface area contributed by atoms with Gasteiger partial charge < -0.3 is 15.6 Å². The van der Waals surface area contributed by atoms with Gasteiger partial charge in [-0.2, -0.15) is 0 Å². The summed E-state index contributed by atoms with van der Waals surface area (Å²) in [5, 5.41) is 10.7. The zero-order chi connectivity index (χ0) is 20.5. The largest absolute Gasteiger partial charge is 0.507 e. The fourth-order valence-electron chi connectivity index (χ4n) is 6.42. The second-order valence-electron chi connectivity index (χ2n) is 9.52. The van der Waals surface area contributed by atoms with Crippen LogP contribution in [0.5, 0.6) is 11.5 Å². The average Bonchev–Trinajstić information content (AvgIpc) is 2.75. The molecule has 2 aromatic rings. The Hall–Kier alpha value is -2.26. The van der Waals surface area contributed by atoms with Crippen molar-refractivity contribution in [2.24, 2.45) is 29.4 Å². The highest BCUT2D eigenvalue weighted by Gasteiger charge is 2.46. The van der Waals surface area contributed by atoms with E-state index in [1.165, 1.54) is 43.2 Å². The van der Waals surface area contributed by atoms with Crippen LogP contribution in [0.4, 0.5) is 0 Å². The Kier molecular flexibility index (Phi) is 5.56. The van der Waals surface area contributed by atoms with Crippen LogP contribution in [-0.4, -0.2) is 18.3 Å². The molecule has 158 valence electrons. The van der Waals surface area contributed by atoms with Crippen LogP contribution in [-0.2, 0) is 0 Å². The molecule has 0 aromatic heterocycles. The maximum atomic E-state index is 10.7. The minimum atomic E-state index is 0.385. The molecule has 0 heterocycles. The van der Waals surface area contributed by atoms with Gasteiger partial charge in [0.2, 0.25) is 0 Å². The average molecular weight is 404 g/mol. The number of hydrogen-bond donors (Lipinski definition) is 2. The predicted molar refractivity (Wildman–Crippen MR) is 121 cm³/mol. The number of para-hydroxylation sites is 1. The molecule has 3 nitrogen and oxygen atoms in total. The number of unbranched alkanes of at least 4 members (excludes halogenated alkanes) is 1. The lowest BCUT2D eigenvalue weighted by atomic mass is 9.53. The zero-order valence-electron chi connectivity index (χ0n) is 17.7. The van der Waals surface area contributed by atoms with E-state index < -0.39 is 0 Å². The number of aromatic hydroxyl groups is 1. The van der Waals surface area contributed by atoms with E-state index in [-0.39, 0.29) is 0 Å². The zero-order valence-corrected chi connectivity index (χ0v) is 17.7. The van der Waals surface area contributed by atoms with Crippen LogP contribution in [0, 0.1) is 23.7 Å².